The Morgan fingerprint density at radius 2 is 2.05 bits per heavy atom. The number of rotatable bonds is 2. The second-order valence-corrected chi connectivity index (χ2v) is 7.53. The molecule has 1 aliphatic carbocycles. The summed E-state index contributed by atoms with van der Waals surface area (Å²) in [5.74, 6) is 1.50. The number of benzene rings is 1. The fourth-order valence-electron chi connectivity index (χ4n) is 3.65. The topological polar surface area (TPSA) is 20.2 Å². The molecule has 1 aromatic carbocycles. The van der Waals surface area contributed by atoms with Gasteiger partial charge >= 0.3 is 0 Å². The SMILES string of the molecule is CC(C)C1CCCC(O)(c2cccc3ccsc23)CC1. The Hall–Kier alpha value is -0.860. The van der Waals surface area contributed by atoms with Crippen molar-refractivity contribution in [2.45, 2.75) is 51.6 Å². The molecule has 1 nitrogen and oxygen atoms in total. The van der Waals surface area contributed by atoms with Crippen LogP contribution in [0.4, 0.5) is 0 Å². The third-order valence-corrected chi connectivity index (χ3v) is 5.98. The fraction of sp³-hybridized carbons (Fsp3) is 0.556. The molecule has 3 rings (SSSR count). The normalized spacial score (nSPS) is 27.9. The molecule has 1 heterocycles. The molecule has 20 heavy (non-hydrogen) atoms. The van der Waals surface area contributed by atoms with E-state index in [2.05, 4.69) is 43.5 Å². The van der Waals surface area contributed by atoms with E-state index in [0.717, 1.165) is 43.1 Å². The van der Waals surface area contributed by atoms with Crippen LogP contribution >= 0.6 is 11.3 Å². The van der Waals surface area contributed by atoms with Crippen LogP contribution in [0.3, 0.4) is 0 Å². The highest BCUT2D eigenvalue weighted by molar-refractivity contribution is 7.17. The molecule has 0 radical (unpaired) electrons. The number of hydrogen-bond donors (Lipinski definition) is 1. The molecule has 108 valence electrons. The van der Waals surface area contributed by atoms with Gasteiger partial charge in [0.1, 0.15) is 0 Å². The lowest BCUT2D eigenvalue weighted by atomic mass is 9.84. The van der Waals surface area contributed by atoms with Gasteiger partial charge in [0.05, 0.1) is 5.60 Å². The van der Waals surface area contributed by atoms with E-state index >= 15 is 0 Å². The van der Waals surface area contributed by atoms with Gasteiger partial charge in [-0.25, -0.2) is 0 Å². The van der Waals surface area contributed by atoms with Crippen LogP contribution in [-0.2, 0) is 5.60 Å². The maximum atomic E-state index is 11.2. The zero-order valence-electron chi connectivity index (χ0n) is 12.4. The first-order valence-electron chi connectivity index (χ1n) is 7.79. The summed E-state index contributed by atoms with van der Waals surface area (Å²) in [5, 5.41) is 14.6. The minimum atomic E-state index is -0.617. The van der Waals surface area contributed by atoms with E-state index in [9.17, 15) is 5.11 Å². The Morgan fingerprint density at radius 1 is 1.20 bits per heavy atom. The Kier molecular flexibility index (Phi) is 3.87. The average Bonchev–Trinajstić information content (AvgIpc) is 2.81. The van der Waals surface area contributed by atoms with Gasteiger partial charge in [0.15, 0.2) is 0 Å². The zero-order valence-corrected chi connectivity index (χ0v) is 13.2. The molecule has 1 fully saturated rings. The Balaban J connectivity index is 1.94. The molecule has 1 aromatic heterocycles. The first kappa shape index (κ1) is 14.1. The lowest BCUT2D eigenvalue weighted by molar-refractivity contribution is 0.0207. The summed E-state index contributed by atoms with van der Waals surface area (Å²) >= 11 is 1.76. The predicted octanol–water partition coefficient (Wildman–Crippen LogP) is 5.33. The number of fused-ring (bicyclic) bond motifs is 1. The molecule has 0 amide bonds. The summed E-state index contributed by atoms with van der Waals surface area (Å²) < 4.78 is 1.28. The van der Waals surface area contributed by atoms with Crippen molar-refractivity contribution < 1.29 is 5.11 Å². The second kappa shape index (κ2) is 5.50. The predicted molar refractivity (Wildman–Crippen MR) is 87.1 cm³/mol. The first-order chi connectivity index (χ1) is 9.60. The highest BCUT2D eigenvalue weighted by Gasteiger charge is 2.34. The van der Waals surface area contributed by atoms with Gasteiger partial charge in [0, 0.05) is 10.3 Å². The van der Waals surface area contributed by atoms with E-state index in [1.807, 2.05) is 0 Å². The van der Waals surface area contributed by atoms with Crippen LogP contribution in [0.5, 0.6) is 0 Å². The van der Waals surface area contributed by atoms with Crippen molar-refractivity contribution in [3.63, 3.8) is 0 Å². The summed E-state index contributed by atoms with van der Waals surface area (Å²) in [6.45, 7) is 4.63. The van der Waals surface area contributed by atoms with Crippen molar-refractivity contribution >= 4 is 21.4 Å². The first-order valence-corrected chi connectivity index (χ1v) is 8.67. The molecule has 2 aromatic rings. The summed E-state index contributed by atoms with van der Waals surface area (Å²) in [6.07, 6.45) is 5.37. The zero-order chi connectivity index (χ0) is 14.2. The van der Waals surface area contributed by atoms with E-state index in [1.54, 1.807) is 11.3 Å². The van der Waals surface area contributed by atoms with Crippen LogP contribution in [0.15, 0.2) is 29.6 Å². The minimum Gasteiger partial charge on any atom is -0.385 e. The smallest absolute Gasteiger partial charge is 0.0910 e. The Morgan fingerprint density at radius 3 is 2.85 bits per heavy atom. The summed E-state index contributed by atoms with van der Waals surface area (Å²) in [4.78, 5) is 0. The lowest BCUT2D eigenvalue weighted by Crippen LogP contribution is -2.25. The van der Waals surface area contributed by atoms with Crippen molar-refractivity contribution in [2.75, 3.05) is 0 Å². The van der Waals surface area contributed by atoms with Crippen molar-refractivity contribution in [3.05, 3.63) is 35.2 Å². The fourth-order valence-corrected chi connectivity index (χ4v) is 4.65. The molecule has 2 unspecified atom stereocenters. The number of aliphatic hydroxyl groups is 1. The van der Waals surface area contributed by atoms with E-state index in [1.165, 1.54) is 16.5 Å². The number of thiophene rings is 1. The summed E-state index contributed by atoms with van der Waals surface area (Å²) in [6, 6.07) is 8.52. The largest absolute Gasteiger partial charge is 0.385 e. The third kappa shape index (κ3) is 2.51. The van der Waals surface area contributed by atoms with Gasteiger partial charge in [-0.1, -0.05) is 38.5 Å². The Bertz CT molecular complexity index is 586. The number of hydrogen-bond acceptors (Lipinski definition) is 2. The van der Waals surface area contributed by atoms with E-state index in [-0.39, 0.29) is 0 Å². The molecular formula is C18H24OS. The van der Waals surface area contributed by atoms with Crippen LogP contribution in [0.1, 0.15) is 51.5 Å². The third-order valence-electron chi connectivity index (χ3n) is 5.02. The molecule has 1 aliphatic rings. The quantitative estimate of drug-likeness (QED) is 0.741. The van der Waals surface area contributed by atoms with Gasteiger partial charge in [0.25, 0.3) is 0 Å². The maximum Gasteiger partial charge on any atom is 0.0910 e. The molecule has 2 atom stereocenters. The highest BCUT2D eigenvalue weighted by atomic mass is 32.1. The average molecular weight is 288 g/mol. The van der Waals surface area contributed by atoms with E-state index in [4.69, 9.17) is 0 Å². The summed E-state index contributed by atoms with van der Waals surface area (Å²) in [5.41, 5.74) is 0.544. The van der Waals surface area contributed by atoms with Crippen LogP contribution < -0.4 is 0 Å². The molecular weight excluding hydrogens is 264 g/mol. The van der Waals surface area contributed by atoms with Crippen molar-refractivity contribution in [1.82, 2.24) is 0 Å². The van der Waals surface area contributed by atoms with Crippen LogP contribution in [-0.4, -0.2) is 5.11 Å². The van der Waals surface area contributed by atoms with Gasteiger partial charge in [-0.3, -0.25) is 0 Å². The molecule has 1 N–H and O–H groups in total. The lowest BCUT2D eigenvalue weighted by Gasteiger charge is -2.28. The van der Waals surface area contributed by atoms with E-state index in [0.29, 0.717) is 0 Å². The summed E-state index contributed by atoms with van der Waals surface area (Å²) in [7, 11) is 0. The van der Waals surface area contributed by atoms with Gasteiger partial charge in [-0.2, -0.15) is 0 Å². The van der Waals surface area contributed by atoms with Gasteiger partial charge < -0.3 is 5.11 Å². The molecule has 2 heteroatoms. The van der Waals surface area contributed by atoms with Crippen molar-refractivity contribution in [1.29, 1.82) is 0 Å². The monoisotopic (exact) mass is 288 g/mol. The minimum absolute atomic E-state index is 0.617. The van der Waals surface area contributed by atoms with E-state index < -0.39 is 5.60 Å². The molecule has 1 saturated carbocycles. The van der Waals surface area contributed by atoms with Gasteiger partial charge in [0.2, 0.25) is 0 Å². The van der Waals surface area contributed by atoms with Crippen LogP contribution in [0.25, 0.3) is 10.1 Å². The van der Waals surface area contributed by atoms with Crippen molar-refractivity contribution in [3.8, 4) is 0 Å². The van der Waals surface area contributed by atoms with Crippen molar-refractivity contribution in [2.24, 2.45) is 11.8 Å². The highest BCUT2D eigenvalue weighted by Crippen LogP contribution is 2.43. The molecule has 0 saturated heterocycles. The van der Waals surface area contributed by atoms with Gasteiger partial charge in [-0.15, -0.1) is 11.3 Å². The van der Waals surface area contributed by atoms with Gasteiger partial charge in [-0.05, 0) is 54.4 Å². The standard InChI is InChI=1S/C18H24OS/c1-13(2)14-6-4-10-18(19,11-8-14)16-7-3-5-15-9-12-20-17(15)16/h3,5,7,9,12-14,19H,4,6,8,10-11H2,1-2H3. The maximum absolute atomic E-state index is 11.2. The Labute approximate surface area is 125 Å². The van der Waals surface area contributed by atoms with Crippen LogP contribution in [0, 0.1) is 11.8 Å². The second-order valence-electron chi connectivity index (χ2n) is 6.61. The van der Waals surface area contributed by atoms with Crippen LogP contribution in [0.2, 0.25) is 0 Å². The molecule has 0 spiro atoms. The molecule has 0 bridgehead atoms. The molecule has 0 aliphatic heterocycles.